The van der Waals surface area contributed by atoms with E-state index in [0.717, 1.165) is 18.5 Å². The van der Waals surface area contributed by atoms with Gasteiger partial charge in [0.1, 0.15) is 10.9 Å². The quantitative estimate of drug-likeness (QED) is 0.423. The summed E-state index contributed by atoms with van der Waals surface area (Å²) in [5, 5.41) is 3.36. The van der Waals surface area contributed by atoms with Crippen molar-refractivity contribution in [1.82, 2.24) is 19.8 Å². The van der Waals surface area contributed by atoms with Crippen molar-refractivity contribution in [3.05, 3.63) is 58.5 Å². The monoisotopic (exact) mass is 420 g/mol. The Hall–Kier alpha value is -2.16. The number of benzene rings is 1. The summed E-state index contributed by atoms with van der Waals surface area (Å²) in [6.45, 7) is 1.19. The number of thiocarbonyl (C=S) groups is 1. The molecule has 9 heteroatoms. The summed E-state index contributed by atoms with van der Waals surface area (Å²) in [4.78, 5) is 30.4. The number of hydrogen-bond acceptors (Lipinski definition) is 5. The summed E-state index contributed by atoms with van der Waals surface area (Å²) in [5.74, 6) is -0.519. The third kappa shape index (κ3) is 5.18. The second-order valence-electron chi connectivity index (χ2n) is 5.79. The minimum absolute atomic E-state index is 0.0877. The van der Waals surface area contributed by atoms with Crippen molar-refractivity contribution in [3.8, 4) is 0 Å². The lowest BCUT2D eigenvalue weighted by Gasteiger charge is -2.14. The summed E-state index contributed by atoms with van der Waals surface area (Å²) in [6, 6.07) is 7.24. The molecule has 27 heavy (non-hydrogen) atoms. The molecule has 2 aromatic rings. The first-order valence-corrected chi connectivity index (χ1v) is 9.87. The molecular weight excluding hydrogens is 404 g/mol. The zero-order valence-corrected chi connectivity index (χ0v) is 16.7. The highest BCUT2D eigenvalue weighted by molar-refractivity contribution is 8.26. The van der Waals surface area contributed by atoms with E-state index in [2.05, 4.69) is 10.3 Å². The van der Waals surface area contributed by atoms with E-state index >= 15 is 0 Å². The van der Waals surface area contributed by atoms with Gasteiger partial charge in [0, 0.05) is 30.5 Å². The van der Waals surface area contributed by atoms with Gasteiger partial charge in [-0.05, 0) is 24.1 Å². The van der Waals surface area contributed by atoms with Gasteiger partial charge in [-0.2, -0.15) is 0 Å². The maximum absolute atomic E-state index is 12.6. The Labute approximate surface area is 171 Å². The lowest BCUT2D eigenvalue weighted by atomic mass is 10.2. The average Bonchev–Trinajstić information content (AvgIpc) is 3.25. The molecule has 0 atom stereocenters. The van der Waals surface area contributed by atoms with Crippen LogP contribution < -0.4 is 5.32 Å². The number of rotatable bonds is 7. The van der Waals surface area contributed by atoms with Gasteiger partial charge >= 0.3 is 0 Å². The predicted molar refractivity (Wildman–Crippen MR) is 111 cm³/mol. The number of amides is 2. The normalized spacial score (nSPS) is 15.6. The minimum Gasteiger partial charge on any atom is -0.354 e. The first-order valence-electron chi connectivity index (χ1n) is 8.27. The van der Waals surface area contributed by atoms with Gasteiger partial charge in [-0.25, -0.2) is 4.98 Å². The van der Waals surface area contributed by atoms with Crippen molar-refractivity contribution in [1.29, 1.82) is 0 Å². The van der Waals surface area contributed by atoms with Gasteiger partial charge < -0.3 is 9.88 Å². The molecule has 1 aliphatic heterocycles. The van der Waals surface area contributed by atoms with E-state index < -0.39 is 0 Å². The molecule has 0 bridgehead atoms. The first-order chi connectivity index (χ1) is 13.0. The Morgan fingerprint density at radius 3 is 2.93 bits per heavy atom. The lowest BCUT2D eigenvalue weighted by Crippen LogP contribution is -2.39. The molecule has 1 fully saturated rings. The maximum atomic E-state index is 12.6. The summed E-state index contributed by atoms with van der Waals surface area (Å²) >= 11 is 12.6. The number of halogens is 1. The molecule has 0 spiro atoms. The SMILES string of the molecule is O=C(CN1C(=O)/C(=C\c2ccccc2Cl)SC1=S)NCCCn1ccnc1. The number of carbonyl (C=O) groups excluding carboxylic acids is 2. The number of aromatic nitrogens is 2. The standard InChI is InChI=1S/C18H17ClN4O2S2/c19-14-5-2-1-4-13(14)10-15-17(25)23(18(26)27-15)11-16(24)21-6-3-8-22-9-7-20-12-22/h1-2,4-5,7,9-10,12H,3,6,8,11H2,(H,21,24)/b15-10+. The van der Waals surface area contributed by atoms with E-state index in [1.165, 1.54) is 16.7 Å². The van der Waals surface area contributed by atoms with Gasteiger partial charge in [-0.3, -0.25) is 14.5 Å². The van der Waals surface area contributed by atoms with Crippen LogP contribution in [-0.2, 0) is 16.1 Å². The minimum atomic E-state index is -0.279. The van der Waals surface area contributed by atoms with Crippen molar-refractivity contribution in [2.75, 3.05) is 13.1 Å². The van der Waals surface area contributed by atoms with Crippen LogP contribution in [0, 0.1) is 0 Å². The van der Waals surface area contributed by atoms with Crippen LogP contribution in [0.15, 0.2) is 47.9 Å². The molecular formula is C18H17ClN4O2S2. The zero-order chi connectivity index (χ0) is 19.2. The summed E-state index contributed by atoms with van der Waals surface area (Å²) < 4.78 is 2.31. The molecule has 1 aromatic heterocycles. The van der Waals surface area contributed by atoms with E-state index in [9.17, 15) is 9.59 Å². The lowest BCUT2D eigenvalue weighted by molar-refractivity contribution is -0.128. The Kier molecular flexibility index (Phi) is 6.65. The van der Waals surface area contributed by atoms with Crippen LogP contribution in [0.1, 0.15) is 12.0 Å². The summed E-state index contributed by atoms with van der Waals surface area (Å²) in [6.07, 6.45) is 7.78. The van der Waals surface area contributed by atoms with Crippen molar-refractivity contribution in [3.63, 3.8) is 0 Å². The Balaban J connectivity index is 1.52. The largest absolute Gasteiger partial charge is 0.354 e. The third-order valence-corrected chi connectivity index (χ3v) is 5.56. The number of nitrogens with zero attached hydrogens (tertiary/aromatic N) is 3. The van der Waals surface area contributed by atoms with Crippen LogP contribution in [-0.4, -0.2) is 43.7 Å². The number of hydrogen-bond donors (Lipinski definition) is 1. The van der Waals surface area contributed by atoms with Crippen LogP contribution in [0.2, 0.25) is 5.02 Å². The Morgan fingerprint density at radius 1 is 1.37 bits per heavy atom. The summed E-state index contributed by atoms with van der Waals surface area (Å²) in [5.41, 5.74) is 0.739. The second kappa shape index (κ2) is 9.16. The second-order valence-corrected chi connectivity index (χ2v) is 7.88. The molecule has 1 aliphatic rings. The Morgan fingerprint density at radius 2 is 2.19 bits per heavy atom. The fourth-order valence-electron chi connectivity index (χ4n) is 2.48. The van der Waals surface area contributed by atoms with Crippen molar-refractivity contribution in [2.45, 2.75) is 13.0 Å². The van der Waals surface area contributed by atoms with E-state index in [1.54, 1.807) is 24.7 Å². The van der Waals surface area contributed by atoms with Crippen LogP contribution in [0.5, 0.6) is 0 Å². The van der Waals surface area contributed by atoms with Crippen LogP contribution in [0.4, 0.5) is 0 Å². The van der Waals surface area contributed by atoms with Crippen molar-refractivity contribution >= 4 is 57.8 Å². The number of imidazole rings is 1. The fraction of sp³-hybridized carbons (Fsp3) is 0.222. The first kappa shape index (κ1) is 19.6. The smallest absolute Gasteiger partial charge is 0.266 e. The predicted octanol–water partition coefficient (Wildman–Crippen LogP) is 2.94. The molecule has 1 N–H and O–H groups in total. The van der Waals surface area contributed by atoms with Crippen molar-refractivity contribution in [2.24, 2.45) is 0 Å². The van der Waals surface area contributed by atoms with E-state index in [-0.39, 0.29) is 18.4 Å². The van der Waals surface area contributed by atoms with Gasteiger partial charge in [0.15, 0.2) is 0 Å². The van der Waals surface area contributed by atoms with E-state index in [1.807, 2.05) is 29.0 Å². The topological polar surface area (TPSA) is 67.2 Å². The van der Waals surface area contributed by atoms with E-state index in [4.69, 9.17) is 23.8 Å². The molecule has 0 aliphatic carbocycles. The number of aryl methyl sites for hydroxylation is 1. The highest BCUT2D eigenvalue weighted by Crippen LogP contribution is 2.33. The fourth-order valence-corrected chi connectivity index (χ4v) is 3.91. The zero-order valence-electron chi connectivity index (χ0n) is 14.3. The molecule has 3 rings (SSSR count). The molecule has 2 heterocycles. The van der Waals surface area contributed by atoms with Crippen LogP contribution in [0.25, 0.3) is 6.08 Å². The van der Waals surface area contributed by atoms with Gasteiger partial charge in [0.25, 0.3) is 5.91 Å². The Bertz CT molecular complexity index is 883. The van der Waals surface area contributed by atoms with Gasteiger partial charge in [0.2, 0.25) is 5.91 Å². The molecule has 0 radical (unpaired) electrons. The highest BCUT2D eigenvalue weighted by atomic mass is 35.5. The molecule has 140 valence electrons. The van der Waals surface area contributed by atoms with Crippen LogP contribution in [0.3, 0.4) is 0 Å². The number of nitrogens with one attached hydrogen (secondary N) is 1. The number of thioether (sulfide) groups is 1. The third-order valence-electron chi connectivity index (χ3n) is 3.84. The molecule has 0 saturated carbocycles. The maximum Gasteiger partial charge on any atom is 0.266 e. The number of carbonyl (C=O) groups is 2. The van der Waals surface area contributed by atoms with Gasteiger partial charge in [-0.15, -0.1) is 0 Å². The van der Waals surface area contributed by atoms with E-state index in [0.29, 0.717) is 20.8 Å². The van der Waals surface area contributed by atoms with Crippen LogP contribution >= 0.6 is 35.6 Å². The van der Waals surface area contributed by atoms with Gasteiger partial charge in [0.05, 0.1) is 11.2 Å². The van der Waals surface area contributed by atoms with Crippen molar-refractivity contribution < 1.29 is 9.59 Å². The summed E-state index contributed by atoms with van der Waals surface area (Å²) in [7, 11) is 0. The molecule has 1 aromatic carbocycles. The molecule has 1 saturated heterocycles. The average molecular weight is 421 g/mol. The molecule has 6 nitrogen and oxygen atoms in total. The van der Waals surface area contributed by atoms with Gasteiger partial charge in [-0.1, -0.05) is 53.8 Å². The molecule has 2 amide bonds. The highest BCUT2D eigenvalue weighted by Gasteiger charge is 2.33. The molecule has 0 unspecified atom stereocenters.